The molecule has 0 aliphatic carbocycles. The van der Waals surface area contributed by atoms with E-state index in [-0.39, 0.29) is 0 Å². The second-order valence-corrected chi connectivity index (χ2v) is 5.96. The van der Waals surface area contributed by atoms with Crippen molar-refractivity contribution in [3.63, 3.8) is 0 Å². The van der Waals surface area contributed by atoms with E-state index in [1.807, 2.05) is 36.7 Å². The fourth-order valence-corrected chi connectivity index (χ4v) is 3.17. The van der Waals surface area contributed by atoms with Crippen molar-refractivity contribution < 1.29 is 0 Å². The van der Waals surface area contributed by atoms with E-state index in [4.69, 9.17) is 0 Å². The molecule has 0 spiro atoms. The Kier molecular flexibility index (Phi) is 2.37. The summed E-state index contributed by atoms with van der Waals surface area (Å²) >= 11 is 1.47. The molecule has 0 fully saturated rings. The van der Waals surface area contributed by atoms with Crippen LogP contribution in [0.2, 0.25) is 0 Å². The van der Waals surface area contributed by atoms with Gasteiger partial charge in [0.2, 0.25) is 4.96 Å². The number of hydrogen-bond donors (Lipinski definition) is 0. The molecule has 0 saturated heterocycles. The number of rotatable bonds is 1. The van der Waals surface area contributed by atoms with Crippen molar-refractivity contribution >= 4 is 27.3 Å². The lowest BCUT2D eigenvalue weighted by atomic mass is 10.1. The minimum Gasteiger partial charge on any atom is -0.334 e. The molecule has 0 aliphatic rings. The molecular formula is C14H10N6S. The maximum Gasteiger partial charge on any atom is 0.213 e. The number of benzene rings is 1. The number of imidazole rings is 2. The van der Waals surface area contributed by atoms with Gasteiger partial charge in [-0.1, -0.05) is 17.4 Å². The van der Waals surface area contributed by atoms with Gasteiger partial charge in [-0.15, -0.1) is 0 Å². The third-order valence-electron chi connectivity index (χ3n) is 3.41. The predicted octanol–water partition coefficient (Wildman–Crippen LogP) is 2.52. The topological polar surface area (TPSA) is 71.8 Å². The number of nitrogens with zero attached hydrogens (tertiary/aromatic N) is 6. The Hall–Kier alpha value is -2.72. The molecule has 0 atom stereocenters. The van der Waals surface area contributed by atoms with Gasteiger partial charge in [-0.25, -0.2) is 9.97 Å². The summed E-state index contributed by atoms with van der Waals surface area (Å²) in [5.41, 5.74) is 3.94. The molecule has 102 valence electrons. The summed E-state index contributed by atoms with van der Waals surface area (Å²) in [5, 5.41) is 14.6. The van der Waals surface area contributed by atoms with Crippen LogP contribution in [0.4, 0.5) is 0 Å². The van der Waals surface area contributed by atoms with E-state index in [0.29, 0.717) is 11.4 Å². The molecule has 0 bridgehead atoms. The third kappa shape index (κ3) is 1.66. The van der Waals surface area contributed by atoms with E-state index < -0.39 is 0 Å². The zero-order valence-electron chi connectivity index (χ0n) is 11.4. The Bertz CT molecular complexity index is 1030. The molecule has 0 N–H and O–H groups in total. The van der Waals surface area contributed by atoms with Crippen LogP contribution in [0.3, 0.4) is 0 Å². The molecule has 3 aromatic heterocycles. The van der Waals surface area contributed by atoms with Crippen molar-refractivity contribution in [2.45, 2.75) is 6.92 Å². The highest BCUT2D eigenvalue weighted by molar-refractivity contribution is 7.16. The maximum absolute atomic E-state index is 9.43. The average molecular weight is 294 g/mol. The Labute approximate surface area is 123 Å². The summed E-state index contributed by atoms with van der Waals surface area (Å²) in [6.07, 6.45) is 1.77. The molecule has 0 radical (unpaired) electrons. The first-order valence-electron chi connectivity index (χ1n) is 6.35. The van der Waals surface area contributed by atoms with E-state index in [9.17, 15) is 5.26 Å². The largest absolute Gasteiger partial charge is 0.334 e. The Morgan fingerprint density at radius 3 is 3.00 bits per heavy atom. The third-order valence-corrected chi connectivity index (χ3v) is 4.23. The highest BCUT2D eigenvalue weighted by Crippen LogP contribution is 2.28. The summed E-state index contributed by atoms with van der Waals surface area (Å²) in [5.74, 6) is 0. The Morgan fingerprint density at radius 2 is 2.19 bits per heavy atom. The molecule has 3 heterocycles. The normalized spacial score (nSPS) is 11.3. The quantitative estimate of drug-likeness (QED) is 0.541. The molecule has 7 heteroatoms. The first-order valence-corrected chi connectivity index (χ1v) is 7.17. The van der Waals surface area contributed by atoms with Gasteiger partial charge >= 0.3 is 0 Å². The van der Waals surface area contributed by atoms with Crippen molar-refractivity contribution in [2.75, 3.05) is 0 Å². The zero-order chi connectivity index (χ0) is 14.6. The van der Waals surface area contributed by atoms with E-state index in [1.54, 1.807) is 10.8 Å². The van der Waals surface area contributed by atoms with Crippen LogP contribution < -0.4 is 0 Å². The van der Waals surface area contributed by atoms with Crippen molar-refractivity contribution in [1.82, 2.24) is 24.1 Å². The monoisotopic (exact) mass is 294 g/mol. The highest BCUT2D eigenvalue weighted by Gasteiger charge is 2.17. The summed E-state index contributed by atoms with van der Waals surface area (Å²) in [4.78, 5) is 9.63. The van der Waals surface area contributed by atoms with E-state index >= 15 is 0 Å². The lowest BCUT2D eigenvalue weighted by Gasteiger charge is -1.99. The van der Waals surface area contributed by atoms with Gasteiger partial charge in [-0.2, -0.15) is 14.9 Å². The molecule has 4 rings (SSSR count). The molecular weight excluding hydrogens is 284 g/mol. The smallest absolute Gasteiger partial charge is 0.213 e. The average Bonchev–Trinajstić information content (AvgIpc) is 3.11. The molecule has 0 saturated carbocycles. The van der Waals surface area contributed by atoms with E-state index in [2.05, 4.69) is 21.1 Å². The second kappa shape index (κ2) is 4.14. The van der Waals surface area contributed by atoms with Crippen LogP contribution in [0.15, 0.2) is 24.5 Å². The number of aryl methyl sites for hydroxylation is 2. The number of fused-ring (bicyclic) bond motifs is 2. The maximum atomic E-state index is 9.43. The minimum atomic E-state index is 0.463. The first kappa shape index (κ1) is 12.1. The zero-order valence-corrected chi connectivity index (χ0v) is 12.2. The Balaban J connectivity index is 1.99. The lowest BCUT2D eigenvalue weighted by molar-refractivity contribution is 0.931. The van der Waals surface area contributed by atoms with Gasteiger partial charge in [-0.05, 0) is 19.1 Å². The summed E-state index contributed by atoms with van der Waals surface area (Å²) in [7, 11) is 1.95. The number of hydrogen-bond acceptors (Lipinski definition) is 5. The van der Waals surface area contributed by atoms with Gasteiger partial charge in [0.15, 0.2) is 5.69 Å². The van der Waals surface area contributed by atoms with Crippen molar-refractivity contribution in [2.24, 2.45) is 7.05 Å². The van der Waals surface area contributed by atoms with Crippen LogP contribution >= 0.6 is 11.3 Å². The molecule has 0 aliphatic heterocycles. The second-order valence-electron chi connectivity index (χ2n) is 4.80. The molecule has 1 aromatic carbocycles. The SMILES string of the molecule is Cc1nn2c(C#N)c(-c3ccc4c(c3)ncn4C)nc2s1. The van der Waals surface area contributed by atoms with Crippen molar-refractivity contribution in [3.8, 4) is 17.3 Å². The summed E-state index contributed by atoms with van der Waals surface area (Å²) < 4.78 is 3.57. The van der Waals surface area contributed by atoms with Crippen LogP contribution in [-0.2, 0) is 7.05 Å². The lowest BCUT2D eigenvalue weighted by Crippen LogP contribution is -1.91. The van der Waals surface area contributed by atoms with Crippen LogP contribution in [-0.4, -0.2) is 24.1 Å². The molecule has 21 heavy (non-hydrogen) atoms. The minimum absolute atomic E-state index is 0.463. The highest BCUT2D eigenvalue weighted by atomic mass is 32.1. The van der Waals surface area contributed by atoms with Gasteiger partial charge in [0.1, 0.15) is 16.8 Å². The summed E-state index contributed by atoms with van der Waals surface area (Å²) in [6.45, 7) is 1.90. The van der Waals surface area contributed by atoms with Crippen molar-refractivity contribution in [1.29, 1.82) is 5.26 Å². The fraction of sp³-hybridized carbons (Fsp3) is 0.143. The van der Waals surface area contributed by atoms with Gasteiger partial charge in [0.25, 0.3) is 0 Å². The molecule has 6 nitrogen and oxygen atoms in total. The van der Waals surface area contributed by atoms with E-state index in [1.165, 1.54) is 11.3 Å². The van der Waals surface area contributed by atoms with Gasteiger partial charge in [0, 0.05) is 12.6 Å². The first-order chi connectivity index (χ1) is 10.2. The predicted molar refractivity (Wildman–Crippen MR) is 80.0 cm³/mol. The van der Waals surface area contributed by atoms with Gasteiger partial charge < -0.3 is 4.57 Å². The van der Waals surface area contributed by atoms with Crippen molar-refractivity contribution in [3.05, 3.63) is 35.2 Å². The number of nitriles is 1. The standard InChI is InChI=1S/C14H10N6S/c1-8-18-20-12(6-15)13(17-14(20)21-8)9-3-4-11-10(5-9)16-7-19(11)2/h3-5,7H,1-2H3. The van der Waals surface area contributed by atoms with E-state index in [0.717, 1.165) is 26.6 Å². The van der Waals surface area contributed by atoms with Gasteiger partial charge in [0.05, 0.1) is 17.4 Å². The fourth-order valence-electron chi connectivity index (χ4n) is 2.43. The molecule has 0 unspecified atom stereocenters. The molecule has 0 amide bonds. The van der Waals surface area contributed by atoms with Gasteiger partial charge in [-0.3, -0.25) is 0 Å². The number of aromatic nitrogens is 5. The van der Waals surface area contributed by atoms with Crippen LogP contribution in [0.25, 0.3) is 27.3 Å². The Morgan fingerprint density at radius 1 is 1.33 bits per heavy atom. The molecule has 4 aromatic rings. The van der Waals surface area contributed by atoms with Crippen LogP contribution in [0.5, 0.6) is 0 Å². The summed E-state index contributed by atoms with van der Waals surface area (Å²) in [6, 6.07) is 8.11. The van der Waals surface area contributed by atoms with Crippen LogP contribution in [0.1, 0.15) is 10.7 Å². The van der Waals surface area contributed by atoms with Crippen LogP contribution in [0, 0.1) is 18.3 Å².